The second-order valence-electron chi connectivity index (χ2n) is 4.78. The van der Waals surface area contributed by atoms with Crippen LogP contribution in [0.3, 0.4) is 0 Å². The van der Waals surface area contributed by atoms with Crippen LogP contribution in [0.5, 0.6) is 0 Å². The maximum absolute atomic E-state index is 9.21. The van der Waals surface area contributed by atoms with Crippen LogP contribution in [0.2, 0.25) is 5.15 Å². The highest BCUT2D eigenvalue weighted by Gasteiger charge is 2.21. The van der Waals surface area contributed by atoms with Gasteiger partial charge in [0.15, 0.2) is 11.0 Å². The lowest BCUT2D eigenvalue weighted by atomic mass is 10.2. The first-order valence-corrected chi connectivity index (χ1v) is 7.13. The van der Waals surface area contributed by atoms with Crippen molar-refractivity contribution in [3.63, 3.8) is 0 Å². The lowest BCUT2D eigenvalue weighted by Gasteiger charge is -2.36. The summed E-state index contributed by atoms with van der Waals surface area (Å²) in [5, 5.41) is 9.42. The molecule has 0 radical (unpaired) electrons. The van der Waals surface area contributed by atoms with E-state index >= 15 is 0 Å². The number of benzene rings is 1. The highest BCUT2D eigenvalue weighted by atomic mass is 35.5. The van der Waals surface area contributed by atoms with E-state index in [0.29, 0.717) is 11.4 Å². The smallest absolute Gasteiger partial charge is 0.152 e. The molecule has 1 fully saturated rings. The van der Waals surface area contributed by atoms with Crippen LogP contribution in [0, 0.1) is 11.3 Å². The summed E-state index contributed by atoms with van der Waals surface area (Å²) in [5.74, 6) is 0.630. The Morgan fingerprint density at radius 1 is 1.00 bits per heavy atom. The molecule has 106 valence electrons. The van der Waals surface area contributed by atoms with Crippen LogP contribution in [0.4, 0.5) is 11.5 Å². The molecule has 6 heteroatoms. The third-order valence-corrected chi connectivity index (χ3v) is 3.88. The summed E-state index contributed by atoms with van der Waals surface area (Å²) < 4.78 is 0. The fourth-order valence-corrected chi connectivity index (χ4v) is 2.68. The van der Waals surface area contributed by atoms with Crippen molar-refractivity contribution in [3.8, 4) is 6.07 Å². The van der Waals surface area contributed by atoms with Crippen LogP contribution < -0.4 is 9.80 Å². The summed E-state index contributed by atoms with van der Waals surface area (Å²) in [7, 11) is 0. The minimum absolute atomic E-state index is 0.216. The van der Waals surface area contributed by atoms with Gasteiger partial charge in [-0.1, -0.05) is 29.8 Å². The van der Waals surface area contributed by atoms with Gasteiger partial charge in [-0.05, 0) is 12.1 Å². The number of piperazine rings is 1. The first-order chi connectivity index (χ1) is 10.3. The average Bonchev–Trinajstić information content (AvgIpc) is 2.55. The van der Waals surface area contributed by atoms with Crippen molar-refractivity contribution >= 4 is 23.1 Å². The van der Waals surface area contributed by atoms with Gasteiger partial charge in [-0.15, -0.1) is 0 Å². The van der Waals surface area contributed by atoms with E-state index in [-0.39, 0.29) is 5.15 Å². The predicted molar refractivity (Wildman–Crippen MR) is 82.6 cm³/mol. The van der Waals surface area contributed by atoms with Crippen LogP contribution in [-0.2, 0) is 0 Å². The Morgan fingerprint density at radius 2 is 1.67 bits per heavy atom. The molecule has 2 aromatic rings. The first kappa shape index (κ1) is 13.7. The zero-order valence-corrected chi connectivity index (χ0v) is 12.2. The standard InChI is InChI=1S/C15H14ClN5/c16-14-13(10-17)15(19-11-18-14)21-8-6-20(7-9-21)12-4-2-1-3-5-12/h1-5,11H,6-9H2. The van der Waals surface area contributed by atoms with Crippen molar-refractivity contribution in [1.29, 1.82) is 5.26 Å². The molecule has 5 nitrogen and oxygen atoms in total. The Kier molecular flexibility index (Phi) is 3.89. The van der Waals surface area contributed by atoms with Crippen molar-refractivity contribution in [1.82, 2.24) is 9.97 Å². The number of hydrogen-bond acceptors (Lipinski definition) is 5. The molecule has 21 heavy (non-hydrogen) atoms. The third kappa shape index (κ3) is 2.76. The number of rotatable bonds is 2. The second kappa shape index (κ2) is 5.98. The van der Waals surface area contributed by atoms with Crippen LogP contribution in [0.1, 0.15) is 5.56 Å². The van der Waals surface area contributed by atoms with E-state index in [1.54, 1.807) is 0 Å². The molecule has 0 atom stereocenters. The van der Waals surface area contributed by atoms with E-state index in [1.165, 1.54) is 12.0 Å². The summed E-state index contributed by atoms with van der Waals surface area (Å²) in [6, 6.07) is 12.4. The molecule has 0 bridgehead atoms. The number of aromatic nitrogens is 2. The second-order valence-corrected chi connectivity index (χ2v) is 5.14. The molecule has 2 heterocycles. The summed E-state index contributed by atoms with van der Waals surface area (Å²) in [4.78, 5) is 12.5. The van der Waals surface area contributed by atoms with E-state index in [0.717, 1.165) is 26.2 Å². The number of nitrogens with zero attached hydrogens (tertiary/aromatic N) is 5. The number of nitriles is 1. The lowest BCUT2D eigenvalue weighted by Crippen LogP contribution is -2.47. The number of hydrogen-bond donors (Lipinski definition) is 0. The minimum atomic E-state index is 0.216. The molecule has 1 aromatic carbocycles. The van der Waals surface area contributed by atoms with E-state index < -0.39 is 0 Å². The summed E-state index contributed by atoms with van der Waals surface area (Å²) in [6.07, 6.45) is 1.40. The minimum Gasteiger partial charge on any atom is -0.368 e. The van der Waals surface area contributed by atoms with Gasteiger partial charge in [0.05, 0.1) is 0 Å². The maximum atomic E-state index is 9.21. The molecule has 0 N–H and O–H groups in total. The quantitative estimate of drug-likeness (QED) is 0.797. The Balaban J connectivity index is 1.75. The van der Waals surface area contributed by atoms with Crippen molar-refractivity contribution < 1.29 is 0 Å². The molecule has 1 aliphatic heterocycles. The van der Waals surface area contributed by atoms with Gasteiger partial charge >= 0.3 is 0 Å². The predicted octanol–water partition coefficient (Wildman–Crippen LogP) is 2.33. The first-order valence-electron chi connectivity index (χ1n) is 6.75. The average molecular weight is 300 g/mol. The molecule has 1 saturated heterocycles. The van der Waals surface area contributed by atoms with Gasteiger partial charge in [0, 0.05) is 31.9 Å². The van der Waals surface area contributed by atoms with Crippen LogP contribution >= 0.6 is 11.6 Å². The van der Waals surface area contributed by atoms with Gasteiger partial charge in [0.1, 0.15) is 18.0 Å². The number of halogens is 1. The molecule has 0 unspecified atom stereocenters. The van der Waals surface area contributed by atoms with Gasteiger partial charge in [-0.3, -0.25) is 0 Å². The Bertz CT molecular complexity index is 660. The number of anilines is 2. The van der Waals surface area contributed by atoms with E-state index in [2.05, 4.69) is 38.0 Å². The summed E-state index contributed by atoms with van der Waals surface area (Å²) in [6.45, 7) is 3.38. The Labute approximate surface area is 128 Å². The van der Waals surface area contributed by atoms with Gasteiger partial charge in [-0.2, -0.15) is 5.26 Å². The molecular weight excluding hydrogens is 286 g/mol. The van der Waals surface area contributed by atoms with Crippen molar-refractivity contribution in [3.05, 3.63) is 47.4 Å². The lowest BCUT2D eigenvalue weighted by molar-refractivity contribution is 0.646. The molecule has 1 aliphatic rings. The van der Waals surface area contributed by atoms with Crippen molar-refractivity contribution in [2.75, 3.05) is 36.0 Å². The zero-order valence-electron chi connectivity index (χ0n) is 11.4. The molecule has 0 spiro atoms. The van der Waals surface area contributed by atoms with Gasteiger partial charge in [0.2, 0.25) is 0 Å². The Morgan fingerprint density at radius 3 is 2.33 bits per heavy atom. The topological polar surface area (TPSA) is 56.1 Å². The zero-order chi connectivity index (χ0) is 14.7. The van der Waals surface area contributed by atoms with Gasteiger partial charge in [-0.25, -0.2) is 9.97 Å². The largest absolute Gasteiger partial charge is 0.368 e. The van der Waals surface area contributed by atoms with Crippen molar-refractivity contribution in [2.24, 2.45) is 0 Å². The SMILES string of the molecule is N#Cc1c(Cl)ncnc1N1CCN(c2ccccc2)CC1. The monoisotopic (exact) mass is 299 g/mol. The van der Waals surface area contributed by atoms with Crippen LogP contribution in [0.15, 0.2) is 36.7 Å². The normalized spacial score (nSPS) is 14.9. The Hall–Kier alpha value is -2.32. The molecular formula is C15H14ClN5. The van der Waals surface area contributed by atoms with Gasteiger partial charge in [0.25, 0.3) is 0 Å². The molecule has 1 aromatic heterocycles. The summed E-state index contributed by atoms with van der Waals surface area (Å²) in [5.41, 5.74) is 1.57. The highest BCUT2D eigenvalue weighted by molar-refractivity contribution is 6.30. The van der Waals surface area contributed by atoms with Crippen LogP contribution in [-0.4, -0.2) is 36.1 Å². The van der Waals surface area contributed by atoms with Crippen molar-refractivity contribution in [2.45, 2.75) is 0 Å². The molecule has 0 aliphatic carbocycles. The highest BCUT2D eigenvalue weighted by Crippen LogP contribution is 2.24. The van der Waals surface area contributed by atoms with E-state index in [4.69, 9.17) is 11.6 Å². The fraction of sp³-hybridized carbons (Fsp3) is 0.267. The van der Waals surface area contributed by atoms with Gasteiger partial charge < -0.3 is 9.80 Å². The molecule has 3 rings (SSSR count). The molecule has 0 amide bonds. The number of para-hydroxylation sites is 1. The molecule has 0 saturated carbocycles. The van der Waals surface area contributed by atoms with Crippen LogP contribution in [0.25, 0.3) is 0 Å². The fourth-order valence-electron chi connectivity index (χ4n) is 2.51. The third-order valence-electron chi connectivity index (χ3n) is 3.59. The van der Waals surface area contributed by atoms with E-state index in [9.17, 15) is 5.26 Å². The van der Waals surface area contributed by atoms with E-state index in [1.807, 2.05) is 18.2 Å². The summed E-state index contributed by atoms with van der Waals surface area (Å²) >= 11 is 5.96. The maximum Gasteiger partial charge on any atom is 0.152 e.